The van der Waals surface area contributed by atoms with Crippen LogP contribution in [-0.2, 0) is 4.74 Å². The summed E-state index contributed by atoms with van der Waals surface area (Å²) in [7, 11) is 0. The van der Waals surface area contributed by atoms with Gasteiger partial charge in [-0.1, -0.05) is 0 Å². The average molecular weight is 364 g/mol. The summed E-state index contributed by atoms with van der Waals surface area (Å²) >= 11 is 1.56. The van der Waals surface area contributed by atoms with Gasteiger partial charge in [0.1, 0.15) is 10.7 Å². The number of nitrogens with zero attached hydrogens (tertiary/aromatic N) is 3. The topological polar surface area (TPSA) is 78.5 Å². The second-order valence-corrected chi connectivity index (χ2v) is 7.52. The van der Waals surface area contributed by atoms with Gasteiger partial charge in [0.05, 0.1) is 18.0 Å². The second kappa shape index (κ2) is 7.13. The van der Waals surface area contributed by atoms with Crippen LogP contribution < -0.4 is 5.56 Å². The summed E-state index contributed by atoms with van der Waals surface area (Å²) < 4.78 is 5.05. The molecule has 1 aliphatic heterocycles. The zero-order valence-corrected chi connectivity index (χ0v) is 15.9. The Morgan fingerprint density at radius 1 is 1.32 bits per heavy atom. The summed E-state index contributed by atoms with van der Waals surface area (Å²) in [4.78, 5) is 37.8. The van der Waals surface area contributed by atoms with Crippen LogP contribution in [0.1, 0.15) is 36.2 Å². The molecular weight excluding hydrogens is 340 g/mol. The van der Waals surface area contributed by atoms with Crippen molar-refractivity contribution < 1.29 is 9.53 Å². The molecule has 0 spiro atoms. The number of aromatic nitrogens is 2. The lowest BCUT2D eigenvalue weighted by atomic mass is 10.2. The SMILES string of the molecule is CCOC(=O)N1CCN([C@@H](C)c2nc3sc(C)c(C)c3c(=O)[nH]2)CC1. The molecule has 3 heterocycles. The number of piperazine rings is 1. The van der Waals surface area contributed by atoms with E-state index in [0.29, 0.717) is 30.9 Å². The number of aromatic amines is 1. The molecule has 1 aliphatic rings. The molecule has 1 amide bonds. The standard InChI is InChI=1S/C17H24N4O3S/c1-5-24-17(23)21-8-6-20(7-9-21)11(3)14-18-15(22)13-10(2)12(4)25-16(13)19-14/h11H,5-9H2,1-4H3,(H,18,19,22)/t11-/m0/s1. The largest absolute Gasteiger partial charge is 0.450 e. The number of ether oxygens (including phenoxy) is 1. The number of H-pyrrole nitrogens is 1. The molecule has 0 unspecified atom stereocenters. The van der Waals surface area contributed by atoms with Gasteiger partial charge in [-0.15, -0.1) is 11.3 Å². The molecule has 1 fully saturated rings. The van der Waals surface area contributed by atoms with Crippen LogP contribution in [0, 0.1) is 13.8 Å². The first kappa shape index (κ1) is 17.9. The smallest absolute Gasteiger partial charge is 0.409 e. The van der Waals surface area contributed by atoms with Crippen molar-refractivity contribution in [1.82, 2.24) is 19.8 Å². The predicted molar refractivity (Wildman–Crippen MR) is 98.3 cm³/mol. The number of rotatable bonds is 3. The average Bonchev–Trinajstić information content (AvgIpc) is 2.89. The Morgan fingerprint density at radius 2 is 2.00 bits per heavy atom. The lowest BCUT2D eigenvalue weighted by molar-refractivity contribution is 0.0673. The van der Waals surface area contributed by atoms with Gasteiger partial charge in [0.2, 0.25) is 0 Å². The Labute approximate surface area is 150 Å². The highest BCUT2D eigenvalue weighted by Crippen LogP contribution is 2.27. The van der Waals surface area contributed by atoms with Crippen molar-refractivity contribution in [3.63, 3.8) is 0 Å². The van der Waals surface area contributed by atoms with E-state index in [-0.39, 0.29) is 17.7 Å². The molecule has 0 aliphatic carbocycles. The van der Waals surface area contributed by atoms with E-state index in [1.165, 1.54) is 0 Å². The zero-order valence-electron chi connectivity index (χ0n) is 15.1. The lowest BCUT2D eigenvalue weighted by Crippen LogP contribution is -2.49. The van der Waals surface area contributed by atoms with Gasteiger partial charge in [0, 0.05) is 31.1 Å². The molecular formula is C17H24N4O3S. The summed E-state index contributed by atoms with van der Waals surface area (Å²) in [6.07, 6.45) is -0.257. The van der Waals surface area contributed by atoms with Gasteiger partial charge in [-0.3, -0.25) is 9.69 Å². The van der Waals surface area contributed by atoms with E-state index >= 15 is 0 Å². The van der Waals surface area contributed by atoms with E-state index in [2.05, 4.69) is 9.88 Å². The molecule has 1 N–H and O–H groups in total. The number of fused-ring (bicyclic) bond motifs is 1. The van der Waals surface area contributed by atoms with Crippen molar-refractivity contribution in [3.05, 3.63) is 26.6 Å². The summed E-state index contributed by atoms with van der Waals surface area (Å²) in [5, 5.41) is 0.700. The number of carbonyl (C=O) groups excluding carboxylic acids is 1. The third kappa shape index (κ3) is 3.41. The molecule has 2 aromatic rings. The molecule has 0 bridgehead atoms. The van der Waals surface area contributed by atoms with Crippen molar-refractivity contribution >= 4 is 27.6 Å². The van der Waals surface area contributed by atoms with E-state index < -0.39 is 0 Å². The van der Waals surface area contributed by atoms with Crippen molar-refractivity contribution in [2.75, 3.05) is 32.8 Å². The molecule has 0 saturated carbocycles. The number of nitrogens with one attached hydrogen (secondary N) is 1. The third-order valence-corrected chi connectivity index (χ3v) is 5.94. The highest BCUT2D eigenvalue weighted by Gasteiger charge is 2.27. The number of thiophene rings is 1. The number of carbonyl (C=O) groups is 1. The summed E-state index contributed by atoms with van der Waals surface area (Å²) in [5.41, 5.74) is 0.940. The normalized spacial score (nSPS) is 17.0. The number of aryl methyl sites for hydroxylation is 2. The van der Waals surface area contributed by atoms with E-state index in [9.17, 15) is 9.59 Å². The first-order chi connectivity index (χ1) is 11.9. The highest BCUT2D eigenvalue weighted by atomic mass is 32.1. The van der Waals surface area contributed by atoms with Crippen LogP contribution in [0.4, 0.5) is 4.79 Å². The minimum absolute atomic E-state index is 0.0100. The predicted octanol–water partition coefficient (Wildman–Crippen LogP) is 2.44. The lowest BCUT2D eigenvalue weighted by Gasteiger charge is -2.36. The Bertz CT molecular complexity index is 836. The fraction of sp³-hybridized carbons (Fsp3) is 0.588. The molecule has 0 aromatic carbocycles. The van der Waals surface area contributed by atoms with Crippen LogP contribution in [0.15, 0.2) is 4.79 Å². The molecule has 7 nitrogen and oxygen atoms in total. The zero-order chi connectivity index (χ0) is 18.1. The van der Waals surface area contributed by atoms with Crippen LogP contribution in [0.2, 0.25) is 0 Å². The maximum absolute atomic E-state index is 12.5. The quantitative estimate of drug-likeness (QED) is 0.905. The molecule has 0 radical (unpaired) electrons. The van der Waals surface area contributed by atoms with Crippen LogP contribution >= 0.6 is 11.3 Å². The fourth-order valence-electron chi connectivity index (χ4n) is 3.15. The summed E-state index contributed by atoms with van der Waals surface area (Å²) in [6, 6.07) is -0.0100. The van der Waals surface area contributed by atoms with Crippen LogP contribution in [0.25, 0.3) is 10.2 Å². The Morgan fingerprint density at radius 3 is 2.64 bits per heavy atom. The van der Waals surface area contributed by atoms with Gasteiger partial charge in [0.15, 0.2) is 0 Å². The minimum atomic E-state index is -0.257. The maximum Gasteiger partial charge on any atom is 0.409 e. The maximum atomic E-state index is 12.5. The monoisotopic (exact) mass is 364 g/mol. The van der Waals surface area contributed by atoms with Gasteiger partial charge >= 0.3 is 6.09 Å². The number of hydrogen-bond donors (Lipinski definition) is 1. The minimum Gasteiger partial charge on any atom is -0.450 e. The van der Waals surface area contributed by atoms with Crippen molar-refractivity contribution in [3.8, 4) is 0 Å². The van der Waals surface area contributed by atoms with Crippen LogP contribution in [0.5, 0.6) is 0 Å². The van der Waals surface area contributed by atoms with Crippen molar-refractivity contribution in [2.45, 2.75) is 33.7 Å². The van der Waals surface area contributed by atoms with Gasteiger partial charge in [-0.25, -0.2) is 9.78 Å². The van der Waals surface area contributed by atoms with Gasteiger partial charge in [-0.05, 0) is 33.3 Å². The summed E-state index contributed by atoms with van der Waals surface area (Å²) in [5.74, 6) is 0.684. The number of hydrogen-bond acceptors (Lipinski definition) is 6. The number of amides is 1. The van der Waals surface area contributed by atoms with Crippen molar-refractivity contribution in [1.29, 1.82) is 0 Å². The Hall–Kier alpha value is -1.93. The van der Waals surface area contributed by atoms with Crippen LogP contribution in [-0.4, -0.2) is 58.6 Å². The molecule has 1 saturated heterocycles. The van der Waals surface area contributed by atoms with E-state index in [0.717, 1.165) is 28.4 Å². The van der Waals surface area contributed by atoms with Crippen LogP contribution in [0.3, 0.4) is 0 Å². The molecule has 3 rings (SSSR count). The molecule has 1 atom stereocenters. The second-order valence-electron chi connectivity index (χ2n) is 6.31. The van der Waals surface area contributed by atoms with Gasteiger partial charge < -0.3 is 14.6 Å². The Kier molecular flexibility index (Phi) is 5.10. The molecule has 2 aromatic heterocycles. The van der Waals surface area contributed by atoms with E-state index in [4.69, 9.17) is 9.72 Å². The molecule has 8 heteroatoms. The molecule has 25 heavy (non-hydrogen) atoms. The Balaban J connectivity index is 1.76. The fourth-order valence-corrected chi connectivity index (χ4v) is 4.19. The van der Waals surface area contributed by atoms with Gasteiger partial charge in [0.25, 0.3) is 5.56 Å². The van der Waals surface area contributed by atoms with Crippen molar-refractivity contribution in [2.24, 2.45) is 0 Å². The highest BCUT2D eigenvalue weighted by molar-refractivity contribution is 7.18. The first-order valence-electron chi connectivity index (χ1n) is 8.58. The first-order valence-corrected chi connectivity index (χ1v) is 9.39. The van der Waals surface area contributed by atoms with E-state index in [1.54, 1.807) is 16.2 Å². The van der Waals surface area contributed by atoms with E-state index in [1.807, 2.05) is 27.7 Å². The van der Waals surface area contributed by atoms with Gasteiger partial charge in [-0.2, -0.15) is 0 Å². The molecule has 136 valence electrons. The third-order valence-electron chi connectivity index (χ3n) is 4.84. The summed E-state index contributed by atoms with van der Waals surface area (Å²) in [6.45, 7) is 10.9.